The molecule has 18 heteroatoms. The van der Waals surface area contributed by atoms with Crippen LogP contribution in [0.25, 0.3) is 11.2 Å². The van der Waals surface area contributed by atoms with Gasteiger partial charge in [-0.2, -0.15) is 4.98 Å². The van der Waals surface area contributed by atoms with E-state index in [1.807, 2.05) is 24.3 Å². The zero-order valence-corrected chi connectivity index (χ0v) is 29.8. The van der Waals surface area contributed by atoms with E-state index >= 15 is 0 Å². The van der Waals surface area contributed by atoms with Crippen LogP contribution >= 0.6 is 19.4 Å². The second-order valence-electron chi connectivity index (χ2n) is 12.3. The Bertz CT molecular complexity index is 1590. The van der Waals surface area contributed by atoms with Gasteiger partial charge < -0.3 is 39.5 Å². The van der Waals surface area contributed by atoms with Crippen LogP contribution in [0.15, 0.2) is 40.5 Å². The molecule has 2 aromatic heterocycles. The quantitative estimate of drug-likeness (QED) is 0.0795. The van der Waals surface area contributed by atoms with Crippen LogP contribution in [0.2, 0.25) is 0 Å². The van der Waals surface area contributed by atoms with E-state index in [1.54, 1.807) is 18.6 Å². The molecule has 0 bridgehead atoms. The third kappa shape index (κ3) is 10.6. The van der Waals surface area contributed by atoms with Gasteiger partial charge in [0.05, 0.1) is 26.1 Å². The fraction of sp³-hybridized carbons (Fsp3) is 0.594. The van der Waals surface area contributed by atoms with Gasteiger partial charge in [-0.15, -0.1) is 0 Å². The van der Waals surface area contributed by atoms with Crippen LogP contribution in [-0.4, -0.2) is 86.0 Å². The number of aliphatic hydroxyl groups excluding tert-OH is 2. The van der Waals surface area contributed by atoms with E-state index in [0.29, 0.717) is 47.6 Å². The summed E-state index contributed by atoms with van der Waals surface area (Å²) >= 11 is 1.35. The van der Waals surface area contributed by atoms with Gasteiger partial charge in [-0.1, -0.05) is 24.6 Å². The molecule has 0 amide bonds. The molecule has 2 fully saturated rings. The van der Waals surface area contributed by atoms with Crippen LogP contribution in [0.4, 0.5) is 5.95 Å². The number of rotatable bonds is 16. The lowest BCUT2D eigenvalue weighted by molar-refractivity contribution is -0.184. The SMILES string of the molecule is COc1ccc(Sc2nc(N)nc3c2ncn3CC(C)OCP(=O)(OC(O)C(=O)OC2CCCCC2)OC(O)C(=O)OC2CCCCC2)cc1. The van der Waals surface area contributed by atoms with E-state index in [9.17, 15) is 24.4 Å². The molecule has 2 heterocycles. The van der Waals surface area contributed by atoms with Gasteiger partial charge in [0.2, 0.25) is 5.95 Å². The van der Waals surface area contributed by atoms with E-state index in [2.05, 4.69) is 15.0 Å². The van der Waals surface area contributed by atoms with Gasteiger partial charge in [-0.05, 0) is 82.6 Å². The number of esters is 2. The fourth-order valence-corrected chi connectivity index (χ4v) is 7.99. The molecular weight excluding hydrogens is 693 g/mol. The molecule has 0 radical (unpaired) electrons. The molecule has 2 aliphatic rings. The molecule has 2 saturated carbocycles. The number of hydrogen-bond donors (Lipinski definition) is 3. The molecular formula is C32H44N5O11PS. The summed E-state index contributed by atoms with van der Waals surface area (Å²) in [7, 11) is -3.12. The van der Waals surface area contributed by atoms with Crippen molar-refractivity contribution < 1.29 is 52.4 Å². The Hall–Kier alpha value is -3.31. The number of nitrogens with zero attached hydrogens (tertiary/aromatic N) is 4. The van der Waals surface area contributed by atoms with Crippen LogP contribution in [0, 0.1) is 0 Å². The van der Waals surface area contributed by atoms with Gasteiger partial charge in [0, 0.05) is 4.90 Å². The predicted octanol–water partition coefficient (Wildman–Crippen LogP) is 4.55. The molecule has 274 valence electrons. The highest BCUT2D eigenvalue weighted by Crippen LogP contribution is 2.50. The van der Waals surface area contributed by atoms with Gasteiger partial charge >= 0.3 is 19.5 Å². The molecule has 50 heavy (non-hydrogen) atoms. The van der Waals surface area contributed by atoms with Gasteiger partial charge in [0.15, 0.2) is 5.65 Å². The number of fused-ring (bicyclic) bond motifs is 1. The number of methoxy groups -OCH3 is 1. The Morgan fingerprint density at radius 1 is 0.940 bits per heavy atom. The molecule has 0 spiro atoms. The van der Waals surface area contributed by atoms with E-state index in [-0.39, 0.29) is 12.5 Å². The number of anilines is 1. The number of imidazole rings is 1. The molecule has 5 rings (SSSR count). The van der Waals surface area contributed by atoms with E-state index < -0.39 is 56.8 Å². The third-order valence-corrected chi connectivity index (χ3v) is 10.8. The average molecular weight is 738 g/mol. The second kappa shape index (κ2) is 17.8. The van der Waals surface area contributed by atoms with Crippen molar-refractivity contribution in [2.24, 2.45) is 0 Å². The molecule has 2 aliphatic carbocycles. The lowest BCUT2D eigenvalue weighted by Gasteiger charge is -2.27. The van der Waals surface area contributed by atoms with Gasteiger partial charge in [0.1, 0.15) is 34.8 Å². The first kappa shape index (κ1) is 37.9. The third-order valence-electron chi connectivity index (χ3n) is 8.29. The number of aliphatic hydroxyl groups is 2. The van der Waals surface area contributed by atoms with Gasteiger partial charge in [0.25, 0.3) is 12.6 Å². The molecule has 3 aromatic rings. The van der Waals surface area contributed by atoms with Gasteiger partial charge in [-0.3, -0.25) is 13.6 Å². The minimum Gasteiger partial charge on any atom is -0.497 e. The summed E-state index contributed by atoms with van der Waals surface area (Å²) in [5, 5.41) is 21.6. The maximum atomic E-state index is 13.9. The number of nitrogens with two attached hydrogens (primary N) is 1. The first-order valence-electron chi connectivity index (χ1n) is 16.7. The summed E-state index contributed by atoms with van der Waals surface area (Å²) in [5.41, 5.74) is 6.94. The maximum absolute atomic E-state index is 13.9. The van der Waals surface area contributed by atoms with Crippen LogP contribution in [0.1, 0.15) is 71.1 Å². The molecule has 0 saturated heterocycles. The Morgan fingerprint density at radius 3 is 2.04 bits per heavy atom. The summed E-state index contributed by atoms with van der Waals surface area (Å²) in [6.07, 6.45) is 2.45. The largest absolute Gasteiger partial charge is 0.497 e. The Kier molecular flexibility index (Phi) is 13.5. The van der Waals surface area contributed by atoms with Crippen molar-refractivity contribution in [3.8, 4) is 5.75 Å². The van der Waals surface area contributed by atoms with Crippen molar-refractivity contribution in [3.05, 3.63) is 30.6 Å². The Labute approximate surface area is 293 Å². The van der Waals surface area contributed by atoms with Crippen LogP contribution in [0.3, 0.4) is 0 Å². The standard InChI is InChI=1S/C32H44N5O11PS/c1-20(17-37-18-34-25-26(37)35-32(33)36-27(25)50-24-15-13-21(43-2)14-16-24)44-19-49(42,47-30(40)28(38)45-22-9-5-3-6-10-22)48-31(41)29(39)46-23-11-7-4-8-12-23/h13-16,18,20,22-23,30-31,40-41H,3-12,17,19H2,1-2H3,(H2,33,35,36). The lowest BCUT2D eigenvalue weighted by Crippen LogP contribution is -2.34. The molecule has 3 atom stereocenters. The molecule has 3 unspecified atom stereocenters. The first-order valence-corrected chi connectivity index (χ1v) is 19.2. The summed E-state index contributed by atoms with van der Waals surface area (Å²) < 4.78 is 47.5. The van der Waals surface area contributed by atoms with Crippen LogP contribution in [0.5, 0.6) is 5.75 Å². The number of carbonyl (C=O) groups is 2. The smallest absolute Gasteiger partial charge is 0.363 e. The number of aromatic nitrogens is 4. The van der Waals surface area contributed by atoms with E-state index in [1.165, 1.54) is 18.1 Å². The fourth-order valence-electron chi connectivity index (χ4n) is 5.73. The van der Waals surface area contributed by atoms with Crippen molar-refractivity contribution >= 4 is 48.4 Å². The topological polar surface area (TPSA) is 217 Å². The highest BCUT2D eigenvalue weighted by atomic mass is 32.2. The lowest BCUT2D eigenvalue weighted by atomic mass is 9.98. The number of ether oxygens (including phenoxy) is 4. The zero-order valence-electron chi connectivity index (χ0n) is 28.0. The Balaban J connectivity index is 1.25. The Morgan fingerprint density at radius 2 is 1.50 bits per heavy atom. The number of carbonyl (C=O) groups excluding carboxylic acids is 2. The van der Waals surface area contributed by atoms with Crippen LogP contribution in [-0.2, 0) is 44.0 Å². The van der Waals surface area contributed by atoms with E-state index in [0.717, 1.165) is 43.4 Å². The van der Waals surface area contributed by atoms with Crippen molar-refractivity contribution in [3.63, 3.8) is 0 Å². The molecule has 0 aliphatic heterocycles. The predicted molar refractivity (Wildman–Crippen MR) is 180 cm³/mol. The second-order valence-corrected chi connectivity index (χ2v) is 15.2. The summed E-state index contributed by atoms with van der Waals surface area (Å²) in [6.45, 7) is 1.77. The van der Waals surface area contributed by atoms with E-state index in [4.69, 9.17) is 33.7 Å². The number of benzene rings is 1. The number of nitrogen functional groups attached to an aromatic ring is 1. The summed E-state index contributed by atoms with van der Waals surface area (Å²) in [4.78, 5) is 39.3. The zero-order chi connectivity index (χ0) is 35.7. The highest BCUT2D eigenvalue weighted by Gasteiger charge is 2.39. The average Bonchev–Trinajstić information content (AvgIpc) is 3.50. The molecule has 1 aromatic carbocycles. The molecule has 4 N–H and O–H groups in total. The number of hydrogen-bond acceptors (Lipinski definition) is 16. The minimum absolute atomic E-state index is 0.0262. The maximum Gasteiger partial charge on any atom is 0.363 e. The first-order chi connectivity index (χ1) is 24.0. The highest BCUT2D eigenvalue weighted by molar-refractivity contribution is 7.99. The van der Waals surface area contributed by atoms with Crippen molar-refractivity contribution in [1.82, 2.24) is 19.5 Å². The normalized spacial score (nSPS) is 19.0. The van der Waals surface area contributed by atoms with Gasteiger partial charge in [-0.25, -0.2) is 19.6 Å². The summed E-state index contributed by atoms with van der Waals surface area (Å²) in [5.74, 6) is -1.60. The van der Waals surface area contributed by atoms with Crippen molar-refractivity contribution in [1.29, 1.82) is 0 Å². The van der Waals surface area contributed by atoms with Crippen molar-refractivity contribution in [2.75, 3.05) is 19.2 Å². The minimum atomic E-state index is -4.71. The van der Waals surface area contributed by atoms with Crippen LogP contribution < -0.4 is 10.5 Å². The summed E-state index contributed by atoms with van der Waals surface area (Å²) in [6, 6.07) is 7.40. The monoisotopic (exact) mass is 737 g/mol. The van der Waals surface area contributed by atoms with Crippen molar-refractivity contribution in [2.45, 2.75) is 118 Å². The molecule has 16 nitrogen and oxygen atoms in total.